The normalized spacial score (nSPS) is 13.1. The van der Waals surface area contributed by atoms with E-state index in [-0.39, 0.29) is 0 Å². The maximum absolute atomic E-state index is 6.47. The Morgan fingerprint density at radius 3 is 1.59 bits per heavy atom. The number of nitrogens with zero attached hydrogens (tertiary/aromatic N) is 2. The third-order valence-electron chi connectivity index (χ3n) is 14.0. The zero-order valence-electron chi connectivity index (χ0n) is 34.7. The van der Waals surface area contributed by atoms with E-state index in [0.717, 1.165) is 44.7 Å². The quantitative estimate of drug-likeness (QED) is 0.173. The Balaban J connectivity index is 1.05. The van der Waals surface area contributed by atoms with Crippen molar-refractivity contribution in [3.05, 3.63) is 253 Å². The third-order valence-corrected chi connectivity index (χ3v) is 14.0. The molecule has 2 aromatic heterocycles. The first kappa shape index (κ1) is 35.2. The molecule has 3 nitrogen and oxygen atoms in total. The summed E-state index contributed by atoms with van der Waals surface area (Å²) in [6.07, 6.45) is 0. The van der Waals surface area contributed by atoms with Crippen LogP contribution in [-0.2, 0) is 5.41 Å². The van der Waals surface area contributed by atoms with Gasteiger partial charge in [0.2, 0.25) is 0 Å². The van der Waals surface area contributed by atoms with E-state index in [0.29, 0.717) is 0 Å². The van der Waals surface area contributed by atoms with E-state index in [2.05, 4.69) is 240 Å². The minimum absolute atomic E-state index is 0.439. The summed E-state index contributed by atoms with van der Waals surface area (Å²) in [6.45, 7) is 0. The fourth-order valence-electron chi connectivity index (χ4n) is 11.4. The second-order valence-electron chi connectivity index (χ2n) is 17.2. The molecule has 0 saturated heterocycles. The first-order valence-corrected chi connectivity index (χ1v) is 22.1. The van der Waals surface area contributed by atoms with Crippen molar-refractivity contribution in [3.63, 3.8) is 0 Å². The molecule has 0 fully saturated rings. The van der Waals surface area contributed by atoms with Crippen LogP contribution in [0.25, 0.3) is 82.8 Å². The van der Waals surface area contributed by atoms with E-state index in [1.165, 1.54) is 77.4 Å². The Morgan fingerprint density at radius 2 is 0.891 bits per heavy atom. The van der Waals surface area contributed by atoms with Gasteiger partial charge in [0, 0.05) is 44.3 Å². The first-order valence-electron chi connectivity index (χ1n) is 22.1. The molecule has 0 bridgehead atoms. The summed E-state index contributed by atoms with van der Waals surface area (Å²) in [5, 5.41) is 4.67. The molecule has 0 aliphatic heterocycles. The van der Waals surface area contributed by atoms with Crippen molar-refractivity contribution in [2.24, 2.45) is 0 Å². The average molecular weight is 815 g/mol. The molecule has 1 spiro atoms. The fraction of sp³-hybridized carbons (Fsp3) is 0.0164. The van der Waals surface area contributed by atoms with Crippen LogP contribution in [0.15, 0.2) is 235 Å². The van der Waals surface area contributed by atoms with Crippen LogP contribution in [0.2, 0.25) is 0 Å². The highest BCUT2D eigenvalue weighted by Gasteiger charge is 2.52. The molecule has 0 radical (unpaired) electrons. The number of benzene rings is 10. The minimum Gasteiger partial charge on any atom is -0.456 e. The molecule has 0 N–H and O–H groups in total. The number of rotatable bonds is 5. The molecule has 2 heterocycles. The van der Waals surface area contributed by atoms with Gasteiger partial charge in [-0.1, -0.05) is 152 Å². The van der Waals surface area contributed by atoms with Gasteiger partial charge in [-0.15, -0.1) is 0 Å². The summed E-state index contributed by atoms with van der Waals surface area (Å²) < 4.78 is 8.93. The number of fused-ring (bicyclic) bond motifs is 17. The molecule has 0 saturated carbocycles. The van der Waals surface area contributed by atoms with Crippen LogP contribution in [0.4, 0.5) is 17.1 Å². The summed E-state index contributed by atoms with van der Waals surface area (Å²) in [5.74, 6) is 0. The molecule has 3 heteroatoms. The van der Waals surface area contributed by atoms with Gasteiger partial charge in [0.05, 0.1) is 16.4 Å². The Bertz CT molecular complexity index is 3800. The molecule has 12 aromatic rings. The predicted octanol–water partition coefficient (Wildman–Crippen LogP) is 16.2. The van der Waals surface area contributed by atoms with Crippen molar-refractivity contribution in [2.75, 3.05) is 4.90 Å². The van der Waals surface area contributed by atoms with Crippen LogP contribution in [0, 0.1) is 0 Å². The molecule has 0 unspecified atom stereocenters. The van der Waals surface area contributed by atoms with Crippen molar-refractivity contribution < 1.29 is 4.42 Å². The molecule has 298 valence electrons. The SMILES string of the molecule is c1ccc(-c2ccc3oc4ccc(N(c5ccccc5)c5ccc6c(c5)c5c7c(ccc5n6-c5ccccc5)C5(c6ccccc6-c6ccccc65)c5ccccc5-7)cc4c3c2)cc1. The molecular formula is C61H38N2O. The van der Waals surface area contributed by atoms with Gasteiger partial charge in [0.25, 0.3) is 0 Å². The Kier molecular flexibility index (Phi) is 7.32. The standard InChI is InChI=1S/C61H38N2O/c1-4-16-39(17-5-1)40-28-34-57-48(36-40)49-37-44(30-35-58(49)64-57)62(41-18-6-2-7-19-41)43-29-32-55-50(38-43)60-56(63(55)42-20-8-3-9-21-42)33-31-54-59(60)47-24-12-15-27-53(47)61(54)51-25-13-10-22-45(51)46-23-11-14-26-52(46)61/h1-38H. The van der Waals surface area contributed by atoms with E-state index in [4.69, 9.17) is 4.42 Å². The second-order valence-corrected chi connectivity index (χ2v) is 17.2. The number of aromatic nitrogens is 1. The second kappa shape index (κ2) is 13.3. The van der Waals surface area contributed by atoms with Crippen LogP contribution in [0.3, 0.4) is 0 Å². The van der Waals surface area contributed by atoms with Crippen LogP contribution in [0.1, 0.15) is 22.3 Å². The number of hydrogen-bond donors (Lipinski definition) is 0. The topological polar surface area (TPSA) is 21.3 Å². The summed E-state index contributed by atoms with van der Waals surface area (Å²) in [7, 11) is 0. The van der Waals surface area contributed by atoms with Gasteiger partial charge in [-0.25, -0.2) is 0 Å². The van der Waals surface area contributed by atoms with Crippen LogP contribution in [0.5, 0.6) is 0 Å². The summed E-state index contributed by atoms with van der Waals surface area (Å²) >= 11 is 0. The van der Waals surface area contributed by atoms with Gasteiger partial charge in [-0.2, -0.15) is 0 Å². The van der Waals surface area contributed by atoms with Crippen molar-refractivity contribution in [1.82, 2.24) is 4.57 Å². The lowest BCUT2D eigenvalue weighted by atomic mass is 9.70. The van der Waals surface area contributed by atoms with Crippen LogP contribution in [-0.4, -0.2) is 4.57 Å². The zero-order valence-corrected chi connectivity index (χ0v) is 34.7. The number of furan rings is 1. The fourth-order valence-corrected chi connectivity index (χ4v) is 11.4. The Morgan fingerprint density at radius 1 is 0.359 bits per heavy atom. The Hall–Kier alpha value is -8.40. The van der Waals surface area contributed by atoms with Gasteiger partial charge < -0.3 is 13.9 Å². The highest BCUT2D eigenvalue weighted by Crippen LogP contribution is 2.64. The molecule has 2 aliphatic carbocycles. The molecular weight excluding hydrogens is 777 g/mol. The Labute approximate surface area is 370 Å². The highest BCUT2D eigenvalue weighted by molar-refractivity contribution is 6.20. The largest absolute Gasteiger partial charge is 0.456 e. The summed E-state index contributed by atoms with van der Waals surface area (Å²) in [6, 6.07) is 84.4. The van der Waals surface area contributed by atoms with Gasteiger partial charge in [0.15, 0.2) is 0 Å². The van der Waals surface area contributed by atoms with Crippen LogP contribution >= 0.6 is 0 Å². The molecule has 0 amide bonds. The number of anilines is 3. The lowest BCUT2D eigenvalue weighted by Crippen LogP contribution is -2.25. The molecule has 10 aromatic carbocycles. The molecule has 2 aliphatic rings. The van der Waals surface area contributed by atoms with Crippen molar-refractivity contribution in [3.8, 4) is 39.1 Å². The molecule has 64 heavy (non-hydrogen) atoms. The molecule has 0 atom stereocenters. The van der Waals surface area contributed by atoms with Gasteiger partial charge >= 0.3 is 0 Å². The monoisotopic (exact) mass is 814 g/mol. The molecule has 14 rings (SSSR count). The van der Waals surface area contributed by atoms with E-state index < -0.39 is 5.41 Å². The van der Waals surface area contributed by atoms with Crippen LogP contribution < -0.4 is 4.90 Å². The summed E-state index contributed by atoms with van der Waals surface area (Å²) in [4.78, 5) is 2.40. The average Bonchev–Trinajstić information content (AvgIpc) is 4.08. The van der Waals surface area contributed by atoms with Crippen molar-refractivity contribution in [2.45, 2.75) is 5.41 Å². The minimum atomic E-state index is -0.439. The van der Waals surface area contributed by atoms with E-state index in [1.807, 2.05) is 0 Å². The van der Waals surface area contributed by atoms with Crippen molar-refractivity contribution >= 4 is 60.8 Å². The van der Waals surface area contributed by atoms with Gasteiger partial charge in [-0.05, 0) is 134 Å². The third kappa shape index (κ3) is 4.76. The van der Waals surface area contributed by atoms with E-state index in [1.54, 1.807) is 0 Å². The lowest BCUT2D eigenvalue weighted by molar-refractivity contribution is 0.669. The van der Waals surface area contributed by atoms with E-state index >= 15 is 0 Å². The van der Waals surface area contributed by atoms with E-state index in [9.17, 15) is 0 Å². The maximum atomic E-state index is 6.47. The lowest BCUT2D eigenvalue weighted by Gasteiger charge is -2.30. The van der Waals surface area contributed by atoms with Crippen molar-refractivity contribution in [1.29, 1.82) is 0 Å². The predicted molar refractivity (Wildman–Crippen MR) is 264 cm³/mol. The summed E-state index contributed by atoms with van der Waals surface area (Å²) in [5.41, 5.74) is 21.0. The smallest absolute Gasteiger partial charge is 0.135 e. The van der Waals surface area contributed by atoms with Gasteiger partial charge in [-0.3, -0.25) is 0 Å². The zero-order chi connectivity index (χ0) is 41.9. The maximum Gasteiger partial charge on any atom is 0.135 e. The number of hydrogen-bond acceptors (Lipinski definition) is 2. The highest BCUT2D eigenvalue weighted by atomic mass is 16.3. The first-order chi connectivity index (χ1) is 31.8. The number of para-hydroxylation sites is 2. The van der Waals surface area contributed by atoms with Gasteiger partial charge in [0.1, 0.15) is 11.2 Å².